The van der Waals surface area contributed by atoms with E-state index in [1.165, 1.54) is 6.92 Å². The molecule has 0 radical (unpaired) electrons. The summed E-state index contributed by atoms with van der Waals surface area (Å²) in [5.74, 6) is -0.406. The van der Waals surface area contributed by atoms with E-state index in [1.807, 2.05) is 36.4 Å². The number of carbonyl (C=O) groups excluding carboxylic acids is 1. The van der Waals surface area contributed by atoms with Gasteiger partial charge in [0.25, 0.3) is 0 Å². The second kappa shape index (κ2) is 11.1. The van der Waals surface area contributed by atoms with E-state index in [0.29, 0.717) is 37.8 Å². The molecule has 0 bridgehead atoms. The molecule has 1 saturated carbocycles. The summed E-state index contributed by atoms with van der Waals surface area (Å²) >= 11 is 0. The molecule has 1 aliphatic carbocycles. The number of nitrogens with one attached hydrogen (secondary N) is 2. The number of rotatable bonds is 8. The van der Waals surface area contributed by atoms with Crippen molar-refractivity contribution in [2.24, 2.45) is 0 Å². The highest BCUT2D eigenvalue weighted by Crippen LogP contribution is 2.41. The molecule has 36 heavy (non-hydrogen) atoms. The Bertz CT molecular complexity index is 1010. The van der Waals surface area contributed by atoms with E-state index in [9.17, 15) is 31.1 Å². The Morgan fingerprint density at radius 2 is 1.58 bits per heavy atom. The first kappa shape index (κ1) is 27.8. The molecule has 3 rings (SSSR count). The molecule has 0 saturated heterocycles. The molecule has 2 N–H and O–H groups in total. The first-order chi connectivity index (χ1) is 16.9. The van der Waals surface area contributed by atoms with Crippen LogP contribution in [0.2, 0.25) is 0 Å². The van der Waals surface area contributed by atoms with Crippen LogP contribution in [0.4, 0.5) is 26.3 Å². The maximum Gasteiger partial charge on any atom is 0.416 e. The van der Waals surface area contributed by atoms with Crippen LogP contribution < -0.4 is 10.6 Å². The van der Waals surface area contributed by atoms with Crippen LogP contribution in [-0.2, 0) is 22.6 Å². The molecular weight excluding hydrogens is 482 g/mol. The van der Waals surface area contributed by atoms with Gasteiger partial charge in [-0.2, -0.15) is 26.3 Å². The zero-order valence-electron chi connectivity index (χ0n) is 20.0. The molecule has 2 aromatic carbocycles. The van der Waals surface area contributed by atoms with E-state index in [1.54, 1.807) is 0 Å². The number of hydrogen-bond acceptors (Lipinski definition) is 2. The number of benzene rings is 2. The van der Waals surface area contributed by atoms with Crippen molar-refractivity contribution in [3.8, 4) is 0 Å². The zero-order chi connectivity index (χ0) is 26.6. The van der Waals surface area contributed by atoms with Crippen molar-refractivity contribution in [3.63, 3.8) is 0 Å². The summed E-state index contributed by atoms with van der Waals surface area (Å²) in [5.41, 5.74) is -3.22. The molecule has 1 amide bonds. The van der Waals surface area contributed by atoms with Crippen molar-refractivity contribution in [3.05, 3.63) is 83.4 Å². The average Bonchev–Trinajstić information content (AvgIpc) is 2.84. The Morgan fingerprint density at radius 3 is 2.08 bits per heavy atom. The van der Waals surface area contributed by atoms with Gasteiger partial charge in [0.05, 0.1) is 22.6 Å². The minimum atomic E-state index is -4.96. The van der Waals surface area contributed by atoms with E-state index in [-0.39, 0.29) is 17.7 Å². The van der Waals surface area contributed by atoms with Gasteiger partial charge in [0.2, 0.25) is 5.91 Å². The Hall–Kier alpha value is -2.81. The fourth-order valence-corrected chi connectivity index (χ4v) is 4.76. The number of alkyl halides is 6. The Labute approximate surface area is 207 Å². The van der Waals surface area contributed by atoms with Gasteiger partial charge in [0, 0.05) is 6.04 Å². The van der Waals surface area contributed by atoms with Crippen molar-refractivity contribution >= 4 is 5.91 Å². The summed E-state index contributed by atoms with van der Waals surface area (Å²) < 4.78 is 79.9. The number of amides is 1. The van der Waals surface area contributed by atoms with Gasteiger partial charge in [0.1, 0.15) is 0 Å². The lowest BCUT2D eigenvalue weighted by Crippen LogP contribution is -2.50. The molecule has 1 unspecified atom stereocenters. The van der Waals surface area contributed by atoms with Crippen molar-refractivity contribution in [1.29, 1.82) is 0 Å². The summed E-state index contributed by atoms with van der Waals surface area (Å²) in [6.45, 7) is 5.87. The molecule has 9 heteroatoms. The minimum Gasteiger partial charge on any atom is -0.349 e. The topological polar surface area (TPSA) is 41.1 Å². The second-order valence-corrected chi connectivity index (χ2v) is 9.29. The van der Waals surface area contributed by atoms with Crippen LogP contribution in [-0.4, -0.2) is 18.5 Å². The van der Waals surface area contributed by atoms with Gasteiger partial charge in [-0.1, -0.05) is 36.4 Å². The molecule has 196 valence electrons. The third-order valence-corrected chi connectivity index (χ3v) is 6.84. The third kappa shape index (κ3) is 6.49. The summed E-state index contributed by atoms with van der Waals surface area (Å²) in [7, 11) is 0. The molecule has 0 aliphatic heterocycles. The smallest absolute Gasteiger partial charge is 0.349 e. The SMILES string of the molecule is C=CCCNC1CCC(C(=O)NC(C)c2cc(C(F)(F)F)cc(C(F)(F)F)c2)(c2ccccc2)CC1. The predicted octanol–water partition coefficient (Wildman–Crippen LogP) is 6.95. The van der Waals surface area contributed by atoms with Gasteiger partial charge in [-0.05, 0) is 74.9 Å². The van der Waals surface area contributed by atoms with Crippen LogP contribution in [0.5, 0.6) is 0 Å². The molecule has 2 aromatic rings. The van der Waals surface area contributed by atoms with Crippen molar-refractivity contribution in [2.45, 2.75) is 68.9 Å². The predicted molar refractivity (Wildman–Crippen MR) is 126 cm³/mol. The largest absolute Gasteiger partial charge is 0.416 e. The zero-order valence-corrected chi connectivity index (χ0v) is 20.0. The lowest BCUT2D eigenvalue weighted by Gasteiger charge is -2.40. The van der Waals surface area contributed by atoms with Crippen molar-refractivity contribution in [1.82, 2.24) is 10.6 Å². The number of carbonyl (C=O) groups is 1. The second-order valence-electron chi connectivity index (χ2n) is 9.29. The quantitative estimate of drug-likeness (QED) is 0.228. The first-order valence-corrected chi connectivity index (χ1v) is 11.9. The summed E-state index contributed by atoms with van der Waals surface area (Å²) in [6.07, 6.45) is -4.88. The summed E-state index contributed by atoms with van der Waals surface area (Å²) in [4.78, 5) is 13.6. The Balaban J connectivity index is 1.87. The fraction of sp³-hybridized carbons (Fsp3) is 0.444. The number of hydrogen-bond donors (Lipinski definition) is 2. The van der Waals surface area contributed by atoms with E-state index in [0.717, 1.165) is 18.5 Å². The van der Waals surface area contributed by atoms with Crippen molar-refractivity contribution in [2.75, 3.05) is 6.54 Å². The maximum absolute atomic E-state index is 13.6. The molecule has 1 atom stereocenters. The van der Waals surface area contributed by atoms with Gasteiger partial charge in [-0.3, -0.25) is 4.79 Å². The highest BCUT2D eigenvalue weighted by atomic mass is 19.4. The molecule has 0 heterocycles. The van der Waals surface area contributed by atoms with Gasteiger partial charge in [0.15, 0.2) is 0 Å². The van der Waals surface area contributed by atoms with Gasteiger partial charge < -0.3 is 10.6 Å². The third-order valence-electron chi connectivity index (χ3n) is 6.84. The minimum absolute atomic E-state index is 0.0874. The van der Waals surface area contributed by atoms with Crippen LogP contribution in [0.15, 0.2) is 61.2 Å². The molecule has 0 spiro atoms. The van der Waals surface area contributed by atoms with Crippen LogP contribution in [0, 0.1) is 0 Å². The Morgan fingerprint density at radius 1 is 1.03 bits per heavy atom. The highest BCUT2D eigenvalue weighted by molar-refractivity contribution is 5.88. The van der Waals surface area contributed by atoms with E-state index in [4.69, 9.17) is 0 Å². The number of halogens is 6. The molecule has 1 aliphatic rings. The monoisotopic (exact) mass is 512 g/mol. The van der Waals surface area contributed by atoms with Crippen LogP contribution in [0.3, 0.4) is 0 Å². The summed E-state index contributed by atoms with van der Waals surface area (Å²) in [6, 6.07) is 9.67. The lowest BCUT2D eigenvalue weighted by atomic mass is 9.67. The normalized spacial score (nSPS) is 21.6. The van der Waals surface area contributed by atoms with Crippen LogP contribution in [0.25, 0.3) is 0 Å². The van der Waals surface area contributed by atoms with Gasteiger partial charge in [-0.15, -0.1) is 6.58 Å². The maximum atomic E-state index is 13.6. The molecular formula is C27H30F6N2O. The Kier molecular flexibility index (Phi) is 8.54. The molecule has 0 aromatic heterocycles. The molecule has 1 fully saturated rings. The van der Waals surface area contributed by atoms with Crippen molar-refractivity contribution < 1.29 is 31.1 Å². The molecule has 3 nitrogen and oxygen atoms in total. The standard InChI is InChI=1S/C27H30F6N2O/c1-3-4-14-34-23-10-12-25(13-11-23,20-8-6-5-7-9-20)24(36)35-18(2)19-15-21(26(28,29)30)17-22(16-19)27(31,32)33/h3,5-9,15-18,23,34H,1,4,10-14H2,2H3,(H,35,36). The van der Waals surface area contributed by atoms with E-state index >= 15 is 0 Å². The van der Waals surface area contributed by atoms with Crippen LogP contribution in [0.1, 0.15) is 67.3 Å². The fourth-order valence-electron chi connectivity index (χ4n) is 4.76. The van der Waals surface area contributed by atoms with Crippen LogP contribution >= 0.6 is 0 Å². The lowest BCUT2D eigenvalue weighted by molar-refractivity contribution is -0.143. The first-order valence-electron chi connectivity index (χ1n) is 11.9. The highest BCUT2D eigenvalue weighted by Gasteiger charge is 2.44. The van der Waals surface area contributed by atoms with E-state index < -0.39 is 40.8 Å². The average molecular weight is 513 g/mol. The van der Waals surface area contributed by atoms with Gasteiger partial charge in [-0.25, -0.2) is 0 Å². The van der Waals surface area contributed by atoms with E-state index in [2.05, 4.69) is 17.2 Å². The van der Waals surface area contributed by atoms with Gasteiger partial charge >= 0.3 is 12.4 Å². The summed E-state index contributed by atoms with van der Waals surface area (Å²) in [5, 5.41) is 6.16.